The van der Waals surface area contributed by atoms with Crippen molar-refractivity contribution in [3.8, 4) is 5.75 Å². The largest absolute Gasteiger partial charge is 0.496 e. The van der Waals surface area contributed by atoms with Crippen molar-refractivity contribution in [3.05, 3.63) is 50.1 Å². The first-order chi connectivity index (χ1) is 9.11. The molecule has 1 heterocycles. The van der Waals surface area contributed by atoms with Crippen molar-refractivity contribution in [2.75, 3.05) is 7.11 Å². The lowest BCUT2D eigenvalue weighted by atomic mass is 10.0. The Labute approximate surface area is 126 Å². The van der Waals surface area contributed by atoms with Gasteiger partial charge in [-0.25, -0.2) is 0 Å². The van der Waals surface area contributed by atoms with Crippen LogP contribution in [0, 0.1) is 6.92 Å². The smallest absolute Gasteiger partial charge is 0.123 e. The maximum Gasteiger partial charge on any atom is 0.123 e. The van der Waals surface area contributed by atoms with Gasteiger partial charge in [0.2, 0.25) is 0 Å². The first-order valence-corrected chi connectivity index (χ1v) is 7.89. The van der Waals surface area contributed by atoms with Gasteiger partial charge in [0.25, 0.3) is 0 Å². The molecule has 0 amide bonds. The molecule has 2 nitrogen and oxygen atoms in total. The minimum absolute atomic E-state index is 0.254. The van der Waals surface area contributed by atoms with Gasteiger partial charge >= 0.3 is 0 Å². The molecule has 0 aliphatic rings. The summed E-state index contributed by atoms with van der Waals surface area (Å²) in [5.74, 6) is 0.941. The van der Waals surface area contributed by atoms with Gasteiger partial charge in [0.05, 0.1) is 7.11 Å². The molecule has 1 N–H and O–H groups in total. The zero-order chi connectivity index (χ0) is 13.8. The zero-order valence-electron chi connectivity index (χ0n) is 11.4. The van der Waals surface area contributed by atoms with Gasteiger partial charge in [-0.05, 0) is 47.3 Å². The van der Waals surface area contributed by atoms with Crippen LogP contribution in [0.4, 0.5) is 0 Å². The highest BCUT2D eigenvalue weighted by atomic mass is 79.9. The molecule has 4 heteroatoms. The number of thiophene rings is 1. The highest BCUT2D eigenvalue weighted by Gasteiger charge is 2.12. The molecular formula is C15H18BrNOS. The summed E-state index contributed by atoms with van der Waals surface area (Å²) in [7, 11) is 1.72. The molecule has 0 radical (unpaired) electrons. The Morgan fingerprint density at radius 2 is 2.16 bits per heavy atom. The second-order valence-corrected chi connectivity index (χ2v) is 6.39. The molecule has 102 valence electrons. The van der Waals surface area contributed by atoms with E-state index >= 15 is 0 Å². The molecule has 0 saturated carbocycles. The number of ether oxygens (including phenoxy) is 1. The zero-order valence-corrected chi connectivity index (χ0v) is 13.8. The highest BCUT2D eigenvalue weighted by molar-refractivity contribution is 9.10. The molecule has 2 aromatic rings. The second-order valence-electron chi connectivity index (χ2n) is 4.54. The normalized spacial score (nSPS) is 12.4. The van der Waals surface area contributed by atoms with E-state index in [1.807, 2.05) is 6.07 Å². The molecule has 0 fully saturated rings. The lowest BCUT2D eigenvalue weighted by Crippen LogP contribution is -2.18. The van der Waals surface area contributed by atoms with Crippen LogP contribution < -0.4 is 10.1 Å². The van der Waals surface area contributed by atoms with Crippen LogP contribution in [0.3, 0.4) is 0 Å². The summed E-state index contributed by atoms with van der Waals surface area (Å²) in [6.07, 6.45) is 0. The number of benzene rings is 1. The third-order valence-electron chi connectivity index (χ3n) is 3.11. The van der Waals surface area contributed by atoms with Crippen LogP contribution in [0.2, 0.25) is 0 Å². The third-order valence-corrected chi connectivity index (χ3v) is 5.04. The molecule has 2 rings (SSSR count). The van der Waals surface area contributed by atoms with E-state index in [4.69, 9.17) is 4.74 Å². The molecule has 1 aromatic carbocycles. The van der Waals surface area contributed by atoms with Gasteiger partial charge in [0.15, 0.2) is 0 Å². The number of nitrogens with one attached hydrogen (secondary N) is 1. The Hall–Kier alpha value is -0.840. The average molecular weight is 340 g/mol. The fourth-order valence-electron chi connectivity index (χ4n) is 2.00. The van der Waals surface area contributed by atoms with Crippen molar-refractivity contribution in [1.29, 1.82) is 0 Å². The SMILES string of the molecule is COc1ccc(C)cc1C(C)NCc1sccc1Br. The van der Waals surface area contributed by atoms with Gasteiger partial charge in [0, 0.05) is 27.5 Å². The number of halogens is 1. The summed E-state index contributed by atoms with van der Waals surface area (Å²) in [5.41, 5.74) is 2.46. The predicted octanol–water partition coefficient (Wildman–Crippen LogP) is 4.68. The van der Waals surface area contributed by atoms with Crippen LogP contribution in [0.1, 0.15) is 29.0 Å². The second kappa shape index (κ2) is 6.55. The van der Waals surface area contributed by atoms with E-state index in [9.17, 15) is 0 Å². The Morgan fingerprint density at radius 3 is 2.79 bits per heavy atom. The van der Waals surface area contributed by atoms with Crippen molar-refractivity contribution in [2.24, 2.45) is 0 Å². The Balaban J connectivity index is 2.09. The topological polar surface area (TPSA) is 21.3 Å². The van der Waals surface area contributed by atoms with E-state index in [-0.39, 0.29) is 6.04 Å². The summed E-state index contributed by atoms with van der Waals surface area (Å²) in [6.45, 7) is 5.13. The Bertz CT molecular complexity index is 553. The van der Waals surface area contributed by atoms with Crippen LogP contribution in [-0.2, 0) is 6.54 Å². The quantitative estimate of drug-likeness (QED) is 0.853. The molecular weight excluding hydrogens is 322 g/mol. The van der Waals surface area contributed by atoms with Crippen molar-refractivity contribution in [3.63, 3.8) is 0 Å². The summed E-state index contributed by atoms with van der Waals surface area (Å²) in [6, 6.07) is 8.62. The molecule has 0 aliphatic carbocycles. The number of methoxy groups -OCH3 is 1. The molecule has 1 atom stereocenters. The van der Waals surface area contributed by atoms with Gasteiger partial charge in [-0.15, -0.1) is 11.3 Å². The Morgan fingerprint density at radius 1 is 1.37 bits per heavy atom. The van der Waals surface area contributed by atoms with Gasteiger partial charge in [-0.3, -0.25) is 0 Å². The maximum atomic E-state index is 5.44. The minimum atomic E-state index is 0.254. The molecule has 0 spiro atoms. The first kappa shape index (κ1) is 14.6. The highest BCUT2D eigenvalue weighted by Crippen LogP contribution is 2.28. The minimum Gasteiger partial charge on any atom is -0.496 e. The van der Waals surface area contributed by atoms with E-state index in [1.54, 1.807) is 18.4 Å². The van der Waals surface area contributed by atoms with Crippen LogP contribution in [-0.4, -0.2) is 7.11 Å². The molecule has 0 saturated heterocycles. The number of aryl methyl sites for hydroxylation is 1. The van der Waals surface area contributed by atoms with E-state index in [0.717, 1.165) is 12.3 Å². The van der Waals surface area contributed by atoms with Crippen LogP contribution >= 0.6 is 27.3 Å². The Kier molecular flexibility index (Phi) is 5.02. The number of hydrogen-bond donors (Lipinski definition) is 1. The van der Waals surface area contributed by atoms with E-state index in [0.29, 0.717) is 0 Å². The summed E-state index contributed by atoms with van der Waals surface area (Å²) >= 11 is 5.32. The van der Waals surface area contributed by atoms with Gasteiger partial charge in [0.1, 0.15) is 5.75 Å². The van der Waals surface area contributed by atoms with Crippen LogP contribution in [0.5, 0.6) is 5.75 Å². The number of hydrogen-bond acceptors (Lipinski definition) is 3. The van der Waals surface area contributed by atoms with Gasteiger partial charge in [-0.1, -0.05) is 17.7 Å². The monoisotopic (exact) mass is 339 g/mol. The summed E-state index contributed by atoms with van der Waals surface area (Å²) in [4.78, 5) is 1.32. The standard InChI is InChI=1S/C15H18BrNOS/c1-10-4-5-14(18-3)12(8-10)11(2)17-9-15-13(16)6-7-19-15/h4-8,11,17H,9H2,1-3H3. The predicted molar refractivity (Wildman–Crippen MR) is 85.0 cm³/mol. The number of rotatable bonds is 5. The molecule has 1 aromatic heterocycles. The molecule has 1 unspecified atom stereocenters. The van der Waals surface area contributed by atoms with Crippen LogP contribution in [0.15, 0.2) is 34.1 Å². The fourth-order valence-corrected chi connectivity index (χ4v) is 3.44. The molecule has 0 bridgehead atoms. The molecule has 19 heavy (non-hydrogen) atoms. The van der Waals surface area contributed by atoms with E-state index in [1.165, 1.54) is 20.5 Å². The van der Waals surface area contributed by atoms with Crippen molar-refractivity contribution >= 4 is 27.3 Å². The lowest BCUT2D eigenvalue weighted by molar-refractivity contribution is 0.401. The first-order valence-electron chi connectivity index (χ1n) is 6.21. The van der Waals surface area contributed by atoms with E-state index in [2.05, 4.69) is 58.7 Å². The summed E-state index contributed by atoms with van der Waals surface area (Å²) < 4.78 is 6.61. The fraction of sp³-hybridized carbons (Fsp3) is 0.333. The lowest BCUT2D eigenvalue weighted by Gasteiger charge is -2.17. The van der Waals surface area contributed by atoms with Gasteiger partial charge in [-0.2, -0.15) is 0 Å². The van der Waals surface area contributed by atoms with Gasteiger partial charge < -0.3 is 10.1 Å². The molecule has 0 aliphatic heterocycles. The van der Waals surface area contributed by atoms with Crippen molar-refractivity contribution in [2.45, 2.75) is 26.4 Å². The maximum absolute atomic E-state index is 5.44. The van der Waals surface area contributed by atoms with Crippen molar-refractivity contribution < 1.29 is 4.74 Å². The van der Waals surface area contributed by atoms with Crippen LogP contribution in [0.25, 0.3) is 0 Å². The average Bonchev–Trinajstić information content (AvgIpc) is 2.81. The third kappa shape index (κ3) is 3.59. The summed E-state index contributed by atoms with van der Waals surface area (Å²) in [5, 5.41) is 5.64. The van der Waals surface area contributed by atoms with E-state index < -0.39 is 0 Å². The van der Waals surface area contributed by atoms with Crippen molar-refractivity contribution in [1.82, 2.24) is 5.32 Å².